The van der Waals surface area contributed by atoms with Crippen molar-refractivity contribution in [1.82, 2.24) is 10.2 Å². The number of hydrogen-bond acceptors (Lipinski definition) is 2. The number of amides is 2. The lowest BCUT2D eigenvalue weighted by Gasteiger charge is -2.35. The Labute approximate surface area is 133 Å². The number of carbonyl (C=O) groups excluding carboxylic acids is 1. The zero-order chi connectivity index (χ0) is 15.6. The van der Waals surface area contributed by atoms with Crippen molar-refractivity contribution in [3.63, 3.8) is 0 Å². The van der Waals surface area contributed by atoms with Crippen LogP contribution in [0.1, 0.15) is 37.7 Å². The number of nitrogens with one attached hydrogen (secondary N) is 1. The van der Waals surface area contributed by atoms with E-state index in [-0.39, 0.29) is 6.03 Å². The van der Waals surface area contributed by atoms with Gasteiger partial charge in [-0.25, -0.2) is 4.79 Å². The van der Waals surface area contributed by atoms with Crippen molar-refractivity contribution in [2.45, 2.75) is 44.6 Å². The zero-order valence-corrected chi connectivity index (χ0v) is 13.6. The predicted molar refractivity (Wildman–Crippen MR) is 89.0 cm³/mol. The van der Waals surface area contributed by atoms with Gasteiger partial charge in [0, 0.05) is 32.8 Å². The smallest absolute Gasteiger partial charge is 0.317 e. The molecule has 1 aliphatic heterocycles. The summed E-state index contributed by atoms with van der Waals surface area (Å²) in [4.78, 5) is 14.4. The van der Waals surface area contributed by atoms with Crippen LogP contribution in [0.25, 0.3) is 0 Å². The number of rotatable bonds is 7. The Kier molecular flexibility index (Phi) is 7.23. The van der Waals surface area contributed by atoms with Crippen LogP contribution in [0, 0.1) is 0 Å². The molecule has 0 saturated carbocycles. The third-order valence-electron chi connectivity index (χ3n) is 4.31. The Hall–Kier alpha value is -1.55. The maximum atomic E-state index is 12.4. The van der Waals surface area contributed by atoms with Crippen LogP contribution in [0.2, 0.25) is 0 Å². The van der Waals surface area contributed by atoms with E-state index in [4.69, 9.17) is 4.74 Å². The summed E-state index contributed by atoms with van der Waals surface area (Å²) < 4.78 is 5.12. The zero-order valence-electron chi connectivity index (χ0n) is 13.6. The summed E-state index contributed by atoms with van der Waals surface area (Å²) in [7, 11) is 1.73. The Morgan fingerprint density at radius 3 is 2.91 bits per heavy atom. The van der Waals surface area contributed by atoms with Crippen LogP contribution in [-0.4, -0.2) is 43.8 Å². The molecule has 22 heavy (non-hydrogen) atoms. The van der Waals surface area contributed by atoms with E-state index >= 15 is 0 Å². The number of ether oxygens (including phenoxy) is 1. The lowest BCUT2D eigenvalue weighted by atomic mass is 9.98. The molecule has 0 spiro atoms. The molecule has 0 aromatic heterocycles. The summed E-state index contributed by atoms with van der Waals surface area (Å²) in [6.45, 7) is 2.36. The van der Waals surface area contributed by atoms with E-state index in [1.807, 2.05) is 23.1 Å². The van der Waals surface area contributed by atoms with Gasteiger partial charge in [-0.2, -0.15) is 0 Å². The van der Waals surface area contributed by atoms with E-state index in [0.717, 1.165) is 45.3 Å². The molecule has 1 aliphatic rings. The molecule has 122 valence electrons. The average Bonchev–Trinajstić information content (AvgIpc) is 2.56. The van der Waals surface area contributed by atoms with Gasteiger partial charge in [-0.05, 0) is 44.1 Å². The summed E-state index contributed by atoms with van der Waals surface area (Å²) in [5.74, 6) is 0. The first-order valence-electron chi connectivity index (χ1n) is 8.38. The quantitative estimate of drug-likeness (QED) is 0.786. The van der Waals surface area contributed by atoms with Crippen LogP contribution in [0.15, 0.2) is 30.3 Å². The molecule has 1 saturated heterocycles. The first-order valence-corrected chi connectivity index (χ1v) is 8.38. The Morgan fingerprint density at radius 2 is 2.14 bits per heavy atom. The number of nitrogens with zero attached hydrogens (tertiary/aromatic N) is 1. The number of carbonyl (C=O) groups is 1. The predicted octanol–water partition coefficient (Wildman–Crippen LogP) is 3.22. The van der Waals surface area contributed by atoms with Crippen molar-refractivity contribution < 1.29 is 9.53 Å². The Bertz CT molecular complexity index is 436. The first-order chi connectivity index (χ1) is 10.8. The molecular weight excluding hydrogens is 276 g/mol. The lowest BCUT2D eigenvalue weighted by molar-refractivity contribution is 0.133. The van der Waals surface area contributed by atoms with Crippen LogP contribution in [0.4, 0.5) is 4.79 Å². The van der Waals surface area contributed by atoms with Gasteiger partial charge in [-0.15, -0.1) is 0 Å². The highest BCUT2D eigenvalue weighted by molar-refractivity contribution is 5.74. The van der Waals surface area contributed by atoms with Gasteiger partial charge >= 0.3 is 6.03 Å². The highest BCUT2D eigenvalue weighted by atomic mass is 16.5. The van der Waals surface area contributed by atoms with Gasteiger partial charge in [-0.1, -0.05) is 30.3 Å². The number of methoxy groups -OCH3 is 1. The number of piperidine rings is 1. The molecule has 1 aromatic carbocycles. The molecule has 4 heteroatoms. The summed E-state index contributed by atoms with van der Waals surface area (Å²) in [5.41, 5.74) is 1.26. The Balaban J connectivity index is 1.76. The van der Waals surface area contributed by atoms with Crippen LogP contribution < -0.4 is 5.32 Å². The number of hydrogen-bond donors (Lipinski definition) is 1. The van der Waals surface area contributed by atoms with Gasteiger partial charge in [0.2, 0.25) is 0 Å². The van der Waals surface area contributed by atoms with Gasteiger partial charge in [0.25, 0.3) is 0 Å². The van der Waals surface area contributed by atoms with E-state index in [1.54, 1.807) is 7.11 Å². The van der Waals surface area contributed by atoms with E-state index in [0.29, 0.717) is 12.6 Å². The number of likely N-dealkylation sites (tertiary alicyclic amines) is 1. The summed E-state index contributed by atoms with van der Waals surface area (Å²) in [6, 6.07) is 10.8. The Morgan fingerprint density at radius 1 is 1.32 bits per heavy atom. The van der Waals surface area contributed by atoms with Crippen LogP contribution in [0.5, 0.6) is 0 Å². The second kappa shape index (κ2) is 9.46. The molecule has 1 heterocycles. The van der Waals surface area contributed by atoms with Crippen molar-refractivity contribution in [1.29, 1.82) is 0 Å². The van der Waals surface area contributed by atoms with E-state index in [9.17, 15) is 4.79 Å². The fraction of sp³-hybridized carbons (Fsp3) is 0.611. The van der Waals surface area contributed by atoms with Gasteiger partial charge in [0.15, 0.2) is 0 Å². The minimum atomic E-state index is 0.0954. The molecule has 0 aliphatic carbocycles. The molecular formula is C18H28N2O2. The minimum absolute atomic E-state index is 0.0954. The average molecular weight is 304 g/mol. The molecule has 1 aromatic rings. The topological polar surface area (TPSA) is 41.6 Å². The highest BCUT2D eigenvalue weighted by Gasteiger charge is 2.25. The molecule has 1 N–H and O–H groups in total. The molecule has 1 fully saturated rings. The van der Waals surface area contributed by atoms with Crippen LogP contribution in [0.3, 0.4) is 0 Å². The molecule has 2 amide bonds. The van der Waals surface area contributed by atoms with Crippen molar-refractivity contribution in [3.8, 4) is 0 Å². The SMILES string of the molecule is COCCCC1CCCCN1C(=O)NCCc1ccccc1. The maximum Gasteiger partial charge on any atom is 0.317 e. The molecule has 1 unspecified atom stereocenters. The largest absolute Gasteiger partial charge is 0.385 e. The second-order valence-corrected chi connectivity index (χ2v) is 5.95. The number of benzene rings is 1. The van der Waals surface area contributed by atoms with E-state index in [1.165, 1.54) is 12.0 Å². The normalized spacial score (nSPS) is 18.2. The summed E-state index contributed by atoms with van der Waals surface area (Å²) >= 11 is 0. The number of urea groups is 1. The molecule has 2 rings (SSSR count). The van der Waals surface area contributed by atoms with E-state index in [2.05, 4.69) is 17.4 Å². The molecule has 1 atom stereocenters. The molecule has 0 bridgehead atoms. The van der Waals surface area contributed by atoms with Crippen molar-refractivity contribution >= 4 is 6.03 Å². The maximum absolute atomic E-state index is 12.4. The molecule has 4 nitrogen and oxygen atoms in total. The van der Waals surface area contributed by atoms with Crippen LogP contribution >= 0.6 is 0 Å². The highest BCUT2D eigenvalue weighted by Crippen LogP contribution is 2.20. The first kappa shape index (κ1) is 16.8. The van der Waals surface area contributed by atoms with Crippen molar-refractivity contribution in [2.75, 3.05) is 26.8 Å². The van der Waals surface area contributed by atoms with Crippen molar-refractivity contribution in [2.24, 2.45) is 0 Å². The van der Waals surface area contributed by atoms with Gasteiger partial charge < -0.3 is 15.0 Å². The van der Waals surface area contributed by atoms with Gasteiger partial charge in [-0.3, -0.25) is 0 Å². The monoisotopic (exact) mass is 304 g/mol. The second-order valence-electron chi connectivity index (χ2n) is 5.95. The minimum Gasteiger partial charge on any atom is -0.385 e. The molecule has 0 radical (unpaired) electrons. The standard InChI is InChI=1S/C18H28N2O2/c1-22-15-7-11-17-10-5-6-14-20(17)18(21)19-13-12-16-8-3-2-4-9-16/h2-4,8-9,17H,5-7,10-15H2,1H3,(H,19,21). The fourth-order valence-corrected chi connectivity index (χ4v) is 3.09. The van der Waals surface area contributed by atoms with Crippen molar-refractivity contribution in [3.05, 3.63) is 35.9 Å². The lowest BCUT2D eigenvalue weighted by Crippen LogP contribution is -2.49. The fourth-order valence-electron chi connectivity index (χ4n) is 3.09. The van der Waals surface area contributed by atoms with Gasteiger partial charge in [0.05, 0.1) is 0 Å². The third kappa shape index (κ3) is 5.34. The summed E-state index contributed by atoms with van der Waals surface area (Å²) in [5, 5.41) is 3.08. The van der Waals surface area contributed by atoms with Crippen LogP contribution in [-0.2, 0) is 11.2 Å². The van der Waals surface area contributed by atoms with E-state index < -0.39 is 0 Å². The van der Waals surface area contributed by atoms with Gasteiger partial charge in [0.1, 0.15) is 0 Å². The third-order valence-corrected chi connectivity index (χ3v) is 4.31. The summed E-state index contributed by atoms with van der Waals surface area (Å²) in [6.07, 6.45) is 6.41.